The molecule has 4 rings (SSSR count). The molecule has 30 heavy (non-hydrogen) atoms. The van der Waals surface area contributed by atoms with E-state index in [1.54, 1.807) is 44.2 Å². The number of benzene rings is 2. The highest BCUT2D eigenvalue weighted by Crippen LogP contribution is 2.40. The van der Waals surface area contributed by atoms with Gasteiger partial charge in [-0.25, -0.2) is 9.67 Å². The lowest BCUT2D eigenvalue weighted by molar-refractivity contribution is -0.146. The van der Waals surface area contributed by atoms with Crippen LogP contribution in [0.2, 0.25) is 0 Å². The van der Waals surface area contributed by atoms with Crippen molar-refractivity contribution < 1.29 is 14.3 Å². The number of hydrogen-bond acceptors (Lipinski definition) is 8. The van der Waals surface area contributed by atoms with Gasteiger partial charge in [-0.1, -0.05) is 23.3 Å². The van der Waals surface area contributed by atoms with Gasteiger partial charge >= 0.3 is 5.97 Å². The minimum absolute atomic E-state index is 0.251. The molecule has 2 unspecified atom stereocenters. The first-order chi connectivity index (χ1) is 14.6. The minimum Gasteiger partial charge on any atom is -0.465 e. The number of fused-ring (bicyclic) bond motifs is 1. The molecule has 3 aromatic rings. The Kier molecular flexibility index (Phi) is 5.22. The molecule has 2 aromatic carbocycles. The molecule has 0 spiro atoms. The van der Waals surface area contributed by atoms with E-state index in [0.29, 0.717) is 34.3 Å². The molecule has 0 fully saturated rings. The van der Waals surface area contributed by atoms with Gasteiger partial charge in [-0.15, -0.1) is 0 Å². The van der Waals surface area contributed by atoms with Crippen LogP contribution in [0.15, 0.2) is 53.5 Å². The van der Waals surface area contributed by atoms with Crippen LogP contribution in [-0.2, 0) is 9.53 Å². The van der Waals surface area contributed by atoms with E-state index < -0.39 is 17.9 Å². The van der Waals surface area contributed by atoms with Crippen LogP contribution in [0.25, 0.3) is 0 Å². The van der Waals surface area contributed by atoms with Crippen LogP contribution in [0.3, 0.4) is 0 Å². The SMILES string of the molecule is CCOC(=O)C1C(C)=Nc2nnnn2C1c1ccccc1Oc1ccc(C#N)cc1. The van der Waals surface area contributed by atoms with Crippen molar-refractivity contribution in [2.24, 2.45) is 10.9 Å². The summed E-state index contributed by atoms with van der Waals surface area (Å²) in [5, 5.41) is 20.7. The summed E-state index contributed by atoms with van der Waals surface area (Å²) in [7, 11) is 0. The number of esters is 1. The fourth-order valence-corrected chi connectivity index (χ4v) is 3.42. The molecule has 2 heterocycles. The van der Waals surface area contributed by atoms with E-state index in [0.717, 1.165) is 0 Å². The van der Waals surface area contributed by atoms with Crippen LogP contribution in [-0.4, -0.2) is 38.5 Å². The second-order valence-corrected chi connectivity index (χ2v) is 6.63. The van der Waals surface area contributed by atoms with Crippen LogP contribution in [0.1, 0.15) is 31.0 Å². The normalized spacial score (nSPS) is 17.4. The van der Waals surface area contributed by atoms with Crippen LogP contribution in [0.5, 0.6) is 11.5 Å². The number of ether oxygens (including phenoxy) is 2. The van der Waals surface area contributed by atoms with E-state index >= 15 is 0 Å². The maximum atomic E-state index is 12.8. The monoisotopic (exact) mass is 402 g/mol. The molecule has 0 amide bonds. The molecule has 9 heteroatoms. The van der Waals surface area contributed by atoms with Gasteiger partial charge in [0.15, 0.2) is 0 Å². The summed E-state index contributed by atoms with van der Waals surface area (Å²) in [4.78, 5) is 17.2. The van der Waals surface area contributed by atoms with Gasteiger partial charge in [0.2, 0.25) is 0 Å². The highest BCUT2D eigenvalue weighted by molar-refractivity contribution is 6.03. The van der Waals surface area contributed by atoms with Crippen LogP contribution in [0, 0.1) is 17.2 Å². The molecular weight excluding hydrogens is 384 g/mol. The van der Waals surface area contributed by atoms with Crippen molar-refractivity contribution in [3.05, 3.63) is 59.7 Å². The second kappa shape index (κ2) is 8.13. The summed E-state index contributed by atoms with van der Waals surface area (Å²) in [5.74, 6) is 0.306. The summed E-state index contributed by atoms with van der Waals surface area (Å²) in [6.45, 7) is 3.77. The Morgan fingerprint density at radius 2 is 1.97 bits per heavy atom. The first-order valence-electron chi connectivity index (χ1n) is 9.39. The van der Waals surface area contributed by atoms with Gasteiger partial charge in [0.05, 0.1) is 18.2 Å². The summed E-state index contributed by atoms with van der Waals surface area (Å²) in [6.07, 6.45) is 0. The Morgan fingerprint density at radius 1 is 1.20 bits per heavy atom. The topological polar surface area (TPSA) is 115 Å². The molecule has 0 radical (unpaired) electrons. The average Bonchev–Trinajstić information content (AvgIpc) is 3.22. The molecule has 150 valence electrons. The number of para-hydroxylation sites is 1. The van der Waals surface area contributed by atoms with Crippen molar-refractivity contribution in [1.29, 1.82) is 5.26 Å². The highest BCUT2D eigenvalue weighted by atomic mass is 16.5. The Hall–Kier alpha value is -4.06. The molecule has 1 aliphatic rings. The lowest BCUT2D eigenvalue weighted by atomic mass is 9.88. The predicted molar refractivity (Wildman–Crippen MR) is 107 cm³/mol. The molecule has 0 aliphatic carbocycles. The standard InChI is InChI=1S/C21H18N6O3/c1-3-29-20(28)18-13(2)23-21-24-25-26-27(21)19(18)16-6-4-5-7-17(16)30-15-10-8-14(12-22)9-11-15/h4-11,18-19H,3H2,1-2H3. The summed E-state index contributed by atoms with van der Waals surface area (Å²) in [6, 6.07) is 15.6. The number of carbonyl (C=O) groups excluding carboxylic acids is 1. The zero-order valence-electron chi connectivity index (χ0n) is 16.4. The second-order valence-electron chi connectivity index (χ2n) is 6.63. The van der Waals surface area contributed by atoms with Gasteiger partial charge in [-0.05, 0) is 54.6 Å². The van der Waals surface area contributed by atoms with Crippen molar-refractivity contribution in [3.8, 4) is 17.6 Å². The van der Waals surface area contributed by atoms with Gasteiger partial charge in [0, 0.05) is 11.3 Å². The van der Waals surface area contributed by atoms with E-state index in [1.807, 2.05) is 18.2 Å². The lowest BCUT2D eigenvalue weighted by Gasteiger charge is -2.30. The third-order valence-corrected chi connectivity index (χ3v) is 4.77. The number of nitrogens with zero attached hydrogens (tertiary/aromatic N) is 6. The Labute approximate surface area is 172 Å². The molecule has 0 saturated heterocycles. The number of carbonyl (C=O) groups is 1. The highest BCUT2D eigenvalue weighted by Gasteiger charge is 2.41. The zero-order valence-corrected chi connectivity index (χ0v) is 16.4. The van der Waals surface area contributed by atoms with Gasteiger partial charge in [-0.2, -0.15) is 5.26 Å². The largest absolute Gasteiger partial charge is 0.465 e. The van der Waals surface area contributed by atoms with E-state index in [4.69, 9.17) is 14.7 Å². The molecule has 0 bridgehead atoms. The van der Waals surface area contributed by atoms with E-state index in [2.05, 4.69) is 26.6 Å². The third-order valence-electron chi connectivity index (χ3n) is 4.77. The Balaban J connectivity index is 1.78. The first-order valence-corrected chi connectivity index (χ1v) is 9.39. The van der Waals surface area contributed by atoms with Crippen LogP contribution >= 0.6 is 0 Å². The van der Waals surface area contributed by atoms with Gasteiger partial charge in [0.1, 0.15) is 23.5 Å². The number of hydrogen-bond donors (Lipinski definition) is 0. The molecule has 1 aromatic heterocycles. The summed E-state index contributed by atoms with van der Waals surface area (Å²) in [5.41, 5.74) is 1.81. The van der Waals surface area contributed by atoms with Gasteiger partial charge in [0.25, 0.3) is 5.95 Å². The number of rotatable bonds is 5. The smallest absolute Gasteiger partial charge is 0.317 e. The molecule has 0 N–H and O–H groups in total. The molecule has 1 aliphatic heterocycles. The third kappa shape index (κ3) is 3.51. The summed E-state index contributed by atoms with van der Waals surface area (Å²) < 4.78 is 12.9. The Bertz CT molecular complexity index is 1150. The van der Waals surface area contributed by atoms with E-state index in [9.17, 15) is 4.79 Å². The van der Waals surface area contributed by atoms with E-state index in [-0.39, 0.29) is 6.61 Å². The Morgan fingerprint density at radius 3 is 2.70 bits per heavy atom. The maximum Gasteiger partial charge on any atom is 0.317 e. The van der Waals surface area contributed by atoms with E-state index in [1.165, 1.54) is 4.68 Å². The lowest BCUT2D eigenvalue weighted by Crippen LogP contribution is -2.37. The van der Waals surface area contributed by atoms with Crippen LogP contribution in [0.4, 0.5) is 5.95 Å². The maximum absolute atomic E-state index is 12.8. The molecule has 9 nitrogen and oxygen atoms in total. The quantitative estimate of drug-likeness (QED) is 0.602. The molecule has 0 saturated carbocycles. The zero-order chi connectivity index (χ0) is 21.1. The number of tetrazole rings is 1. The fraction of sp³-hybridized carbons (Fsp3) is 0.238. The van der Waals surface area contributed by atoms with Crippen molar-refractivity contribution in [3.63, 3.8) is 0 Å². The van der Waals surface area contributed by atoms with Crippen molar-refractivity contribution in [1.82, 2.24) is 20.2 Å². The molecular formula is C21H18N6O3. The number of aliphatic imine (C=N–C) groups is 1. The predicted octanol–water partition coefficient (Wildman–Crippen LogP) is 3.21. The van der Waals surface area contributed by atoms with Crippen molar-refractivity contribution >= 4 is 17.6 Å². The summed E-state index contributed by atoms with van der Waals surface area (Å²) >= 11 is 0. The van der Waals surface area contributed by atoms with Gasteiger partial charge < -0.3 is 9.47 Å². The number of aromatic nitrogens is 4. The van der Waals surface area contributed by atoms with Crippen molar-refractivity contribution in [2.45, 2.75) is 19.9 Å². The fourth-order valence-electron chi connectivity index (χ4n) is 3.42. The number of nitriles is 1. The minimum atomic E-state index is -0.702. The molecule has 2 atom stereocenters. The van der Waals surface area contributed by atoms with Gasteiger partial charge in [-0.3, -0.25) is 4.79 Å². The van der Waals surface area contributed by atoms with Crippen molar-refractivity contribution in [2.75, 3.05) is 6.61 Å². The average molecular weight is 402 g/mol. The van der Waals surface area contributed by atoms with Crippen LogP contribution < -0.4 is 4.74 Å². The first kappa shape index (κ1) is 19.3.